The Bertz CT molecular complexity index is 1180. The van der Waals surface area contributed by atoms with Gasteiger partial charge in [0.2, 0.25) is 5.82 Å². The summed E-state index contributed by atoms with van der Waals surface area (Å²) in [5.41, 5.74) is 4.20. The number of fused-ring (bicyclic) bond motifs is 2. The fourth-order valence-corrected chi connectivity index (χ4v) is 3.91. The first-order valence-corrected chi connectivity index (χ1v) is 9.66. The minimum Gasteiger partial charge on any atom is -0.360 e. The highest BCUT2D eigenvalue weighted by Gasteiger charge is 2.21. The number of piperazine rings is 1. The smallest absolute Gasteiger partial charge is 0.332 e. The topological polar surface area (TPSA) is 54.6 Å². The van der Waals surface area contributed by atoms with Crippen LogP contribution in [0, 0.1) is 12.7 Å². The van der Waals surface area contributed by atoms with Crippen molar-refractivity contribution < 1.29 is 18.7 Å². The number of pyridine rings is 1. The molecule has 1 saturated heterocycles. The third-order valence-corrected chi connectivity index (χ3v) is 5.56. The molecule has 7 heteroatoms. The monoisotopic (exact) mass is 379 g/mol. The van der Waals surface area contributed by atoms with Gasteiger partial charge in [-0.25, -0.2) is 9.97 Å². The number of aromatic nitrogens is 4. The average molecular weight is 379 g/mol. The predicted molar refractivity (Wildman–Crippen MR) is 105 cm³/mol. The third kappa shape index (κ3) is 2.97. The van der Waals surface area contributed by atoms with Gasteiger partial charge >= 0.3 is 11.5 Å². The molecule has 1 aromatic carbocycles. The highest BCUT2D eigenvalue weighted by Crippen LogP contribution is 2.22. The highest BCUT2D eigenvalue weighted by atomic mass is 19.1. The lowest BCUT2D eigenvalue weighted by molar-refractivity contribution is -0.880. The van der Waals surface area contributed by atoms with Crippen LogP contribution in [0.5, 0.6) is 0 Å². The number of nitrogens with one attached hydrogen (secondary N) is 3. The van der Waals surface area contributed by atoms with E-state index in [9.17, 15) is 4.39 Å². The van der Waals surface area contributed by atoms with Crippen LogP contribution in [0.4, 0.5) is 10.1 Å². The van der Waals surface area contributed by atoms with E-state index in [1.807, 2.05) is 25.5 Å². The second kappa shape index (κ2) is 6.53. The van der Waals surface area contributed by atoms with Gasteiger partial charge in [-0.2, -0.15) is 8.79 Å². The Morgan fingerprint density at radius 2 is 2.04 bits per heavy atom. The van der Waals surface area contributed by atoms with Gasteiger partial charge in [-0.05, 0) is 23.2 Å². The molecular formula is C21H24FN6+3. The van der Waals surface area contributed by atoms with E-state index >= 15 is 0 Å². The maximum Gasteiger partial charge on any atom is 0.332 e. The second-order valence-corrected chi connectivity index (χ2v) is 7.71. The van der Waals surface area contributed by atoms with Crippen molar-refractivity contribution in [1.29, 1.82) is 0 Å². The number of benzene rings is 1. The number of hydrogen-bond acceptors (Lipinski definition) is 2. The molecule has 0 amide bonds. The number of rotatable bonds is 2. The summed E-state index contributed by atoms with van der Waals surface area (Å²) in [6.45, 7) is 6.36. The standard InChI is InChI=1S/C21H21FN6/c1-14-12-28-13-16(10-18(22)21(28)24-14)20-23-11-15-9-17(3-4-19(15)25-20)27-7-5-26(2)6-8-27/h3-4,9-13H,5-8H2,1-2H3/p+3. The summed E-state index contributed by atoms with van der Waals surface area (Å²) < 4.78 is 16.2. The van der Waals surface area contributed by atoms with E-state index in [1.165, 1.54) is 11.8 Å². The fraction of sp³-hybridized carbons (Fsp3) is 0.286. The predicted octanol–water partition coefficient (Wildman–Crippen LogP) is 0.565. The molecule has 6 nitrogen and oxygen atoms in total. The normalized spacial score (nSPS) is 15.6. The van der Waals surface area contributed by atoms with Crippen molar-refractivity contribution in [3.05, 3.63) is 54.4 Å². The minimum atomic E-state index is -0.298. The van der Waals surface area contributed by atoms with Crippen molar-refractivity contribution in [3.8, 4) is 11.4 Å². The molecule has 142 valence electrons. The van der Waals surface area contributed by atoms with Crippen molar-refractivity contribution in [2.24, 2.45) is 0 Å². The van der Waals surface area contributed by atoms with E-state index in [0.29, 0.717) is 17.0 Å². The zero-order chi connectivity index (χ0) is 19.3. The third-order valence-electron chi connectivity index (χ3n) is 5.56. The van der Waals surface area contributed by atoms with Crippen molar-refractivity contribution in [2.75, 3.05) is 38.1 Å². The summed E-state index contributed by atoms with van der Waals surface area (Å²) >= 11 is 0. The van der Waals surface area contributed by atoms with E-state index < -0.39 is 0 Å². The van der Waals surface area contributed by atoms with E-state index in [2.05, 4.69) is 40.1 Å². The molecule has 3 aromatic heterocycles. The number of likely N-dealkylation sites (N-methyl/N-ethyl adjacent to an activating group) is 1. The molecule has 1 fully saturated rings. The zero-order valence-corrected chi connectivity index (χ0v) is 16.1. The Labute approximate surface area is 162 Å². The van der Waals surface area contributed by atoms with Gasteiger partial charge in [-0.15, -0.1) is 0 Å². The summed E-state index contributed by atoms with van der Waals surface area (Å²) in [5.74, 6) is 0.351. The lowest BCUT2D eigenvalue weighted by Gasteiger charge is -2.31. The molecular weight excluding hydrogens is 355 g/mol. The average Bonchev–Trinajstić information content (AvgIpc) is 3.08. The van der Waals surface area contributed by atoms with Crippen molar-refractivity contribution >= 4 is 22.2 Å². The van der Waals surface area contributed by atoms with E-state index in [1.54, 1.807) is 9.30 Å². The Morgan fingerprint density at radius 3 is 2.86 bits per heavy atom. The first kappa shape index (κ1) is 17.1. The molecule has 0 aliphatic carbocycles. The molecule has 1 aliphatic heterocycles. The Balaban J connectivity index is 1.51. The number of nitrogens with zero attached hydrogens (tertiary/aromatic N) is 3. The lowest BCUT2D eigenvalue weighted by Crippen LogP contribution is -3.12. The number of aromatic amines is 2. The number of halogens is 1. The van der Waals surface area contributed by atoms with Crippen LogP contribution in [0.2, 0.25) is 0 Å². The van der Waals surface area contributed by atoms with Gasteiger partial charge in [0.15, 0.2) is 5.52 Å². The van der Waals surface area contributed by atoms with Gasteiger partial charge in [0.1, 0.15) is 23.7 Å². The van der Waals surface area contributed by atoms with Crippen molar-refractivity contribution in [3.63, 3.8) is 0 Å². The quantitative estimate of drug-likeness (QED) is 0.500. The molecule has 0 spiro atoms. The number of H-pyrrole nitrogens is 2. The van der Waals surface area contributed by atoms with Crippen LogP contribution in [0.3, 0.4) is 0 Å². The van der Waals surface area contributed by atoms with Gasteiger partial charge in [0, 0.05) is 18.7 Å². The molecule has 28 heavy (non-hydrogen) atoms. The lowest BCUT2D eigenvalue weighted by atomic mass is 10.2. The van der Waals surface area contributed by atoms with Crippen LogP contribution < -0.4 is 19.2 Å². The van der Waals surface area contributed by atoms with Gasteiger partial charge in [-0.1, -0.05) is 0 Å². The Hall–Kier alpha value is -3.06. The van der Waals surface area contributed by atoms with Crippen LogP contribution in [0.15, 0.2) is 42.9 Å². The Kier molecular flexibility index (Phi) is 3.98. The van der Waals surface area contributed by atoms with Gasteiger partial charge < -0.3 is 9.80 Å². The van der Waals surface area contributed by atoms with Gasteiger partial charge in [0.05, 0.1) is 44.8 Å². The molecule has 5 rings (SSSR count). The first-order valence-electron chi connectivity index (χ1n) is 9.66. The molecule has 0 bridgehead atoms. The van der Waals surface area contributed by atoms with Crippen molar-refractivity contribution in [2.45, 2.75) is 6.92 Å². The largest absolute Gasteiger partial charge is 0.360 e. The maximum atomic E-state index is 14.4. The van der Waals surface area contributed by atoms with E-state index in [0.717, 1.165) is 42.8 Å². The number of imidazole rings is 1. The first-order chi connectivity index (χ1) is 13.6. The number of hydrogen-bond donors (Lipinski definition) is 2. The van der Waals surface area contributed by atoms with Crippen LogP contribution in [-0.4, -0.2) is 43.2 Å². The van der Waals surface area contributed by atoms with Gasteiger partial charge in [-0.3, -0.25) is 0 Å². The molecule has 0 atom stereocenters. The summed E-state index contributed by atoms with van der Waals surface area (Å²) in [5, 5.41) is 1.05. The molecule has 0 unspecified atom stereocenters. The molecule has 4 heterocycles. The molecule has 3 N–H and O–H groups in total. The summed E-state index contributed by atoms with van der Waals surface area (Å²) in [6, 6.07) is 7.87. The zero-order valence-electron chi connectivity index (χ0n) is 16.1. The van der Waals surface area contributed by atoms with Crippen molar-refractivity contribution in [1.82, 2.24) is 9.97 Å². The summed E-state index contributed by atoms with van der Waals surface area (Å²) in [4.78, 5) is 15.0. The van der Waals surface area contributed by atoms with Gasteiger partial charge in [0.25, 0.3) is 0 Å². The van der Waals surface area contributed by atoms with E-state index in [4.69, 9.17) is 4.98 Å². The van der Waals surface area contributed by atoms with Crippen LogP contribution >= 0.6 is 0 Å². The number of quaternary nitrogens is 1. The molecule has 1 aliphatic rings. The number of aryl methyl sites for hydroxylation is 1. The second-order valence-electron chi connectivity index (χ2n) is 7.71. The number of anilines is 1. The van der Waals surface area contributed by atoms with Crippen LogP contribution in [0.25, 0.3) is 27.9 Å². The highest BCUT2D eigenvalue weighted by molar-refractivity contribution is 5.82. The fourth-order valence-electron chi connectivity index (χ4n) is 3.91. The van der Waals surface area contributed by atoms with Crippen LogP contribution in [-0.2, 0) is 0 Å². The summed E-state index contributed by atoms with van der Waals surface area (Å²) in [7, 11) is 2.24. The van der Waals surface area contributed by atoms with Crippen LogP contribution in [0.1, 0.15) is 5.69 Å². The maximum absolute atomic E-state index is 14.4. The summed E-state index contributed by atoms with van der Waals surface area (Å²) in [6.07, 6.45) is 5.71. The molecule has 4 aromatic rings. The molecule has 0 saturated carbocycles. The SMILES string of the molecule is Cc1c[n+]2cc(-c3nc4ccc(N5CC[NH+](C)CC5)cc4c[nH+]3)cc(F)c2[nH]1. The Morgan fingerprint density at radius 1 is 1.21 bits per heavy atom. The molecule has 0 radical (unpaired) electrons. The van der Waals surface area contributed by atoms with E-state index in [-0.39, 0.29) is 5.82 Å². The minimum absolute atomic E-state index is 0.298.